The van der Waals surface area contributed by atoms with Crippen LogP contribution in [-0.2, 0) is 6.42 Å². The van der Waals surface area contributed by atoms with Gasteiger partial charge >= 0.3 is 0 Å². The Kier molecular flexibility index (Phi) is 3.11. The Balaban J connectivity index is 3.04. The Morgan fingerprint density at radius 2 is 2.25 bits per heavy atom. The smallest absolute Gasteiger partial charge is 0.152 e. The van der Waals surface area contributed by atoms with Gasteiger partial charge in [-0.15, -0.1) is 11.6 Å². The van der Waals surface area contributed by atoms with Gasteiger partial charge in [0.15, 0.2) is 6.29 Å². The molecule has 2 nitrogen and oxygen atoms in total. The summed E-state index contributed by atoms with van der Waals surface area (Å²) in [6.45, 7) is 0. The molecule has 1 rings (SSSR count). The summed E-state index contributed by atoms with van der Waals surface area (Å²) in [7, 11) is 0. The number of alkyl halides is 1. The van der Waals surface area contributed by atoms with Gasteiger partial charge in [-0.2, -0.15) is 0 Å². The standard InChI is InChI=1S/C9H10ClNO/c10-5-4-7-2-1-3-8(6-12)9(7)11/h1-3,6H,4-5,11H2. The molecule has 0 saturated heterocycles. The third-order valence-electron chi connectivity index (χ3n) is 1.72. The van der Waals surface area contributed by atoms with E-state index < -0.39 is 0 Å². The second-order valence-electron chi connectivity index (χ2n) is 2.48. The van der Waals surface area contributed by atoms with E-state index in [-0.39, 0.29) is 0 Å². The van der Waals surface area contributed by atoms with Crippen LogP contribution < -0.4 is 5.73 Å². The van der Waals surface area contributed by atoms with Gasteiger partial charge in [0.1, 0.15) is 0 Å². The minimum absolute atomic E-state index is 0.520. The summed E-state index contributed by atoms with van der Waals surface area (Å²) in [6, 6.07) is 5.38. The predicted molar refractivity (Wildman–Crippen MR) is 50.7 cm³/mol. The van der Waals surface area contributed by atoms with Crippen molar-refractivity contribution in [3.8, 4) is 0 Å². The van der Waals surface area contributed by atoms with E-state index in [1.807, 2.05) is 12.1 Å². The molecule has 0 amide bonds. The van der Waals surface area contributed by atoms with Crippen LogP contribution in [-0.4, -0.2) is 12.2 Å². The summed E-state index contributed by atoms with van der Waals surface area (Å²) in [5.74, 6) is 0.520. The molecule has 0 saturated carbocycles. The van der Waals surface area contributed by atoms with Gasteiger partial charge in [0, 0.05) is 17.1 Å². The zero-order chi connectivity index (χ0) is 8.97. The molecule has 0 aliphatic heterocycles. The highest BCUT2D eigenvalue weighted by Gasteiger charge is 2.02. The number of anilines is 1. The van der Waals surface area contributed by atoms with Crippen LogP contribution in [0.1, 0.15) is 15.9 Å². The fourth-order valence-electron chi connectivity index (χ4n) is 1.06. The summed E-state index contributed by atoms with van der Waals surface area (Å²) in [5, 5.41) is 0. The number of nitrogen functional groups attached to an aromatic ring is 1. The lowest BCUT2D eigenvalue weighted by molar-refractivity contribution is 0.112. The molecule has 0 fully saturated rings. The predicted octanol–water partition coefficient (Wildman–Crippen LogP) is 1.86. The minimum atomic E-state index is 0.520. The molecular formula is C9H10ClNO. The number of aryl methyl sites for hydroxylation is 1. The van der Waals surface area contributed by atoms with Crippen LogP contribution in [0.25, 0.3) is 0 Å². The monoisotopic (exact) mass is 183 g/mol. The van der Waals surface area contributed by atoms with Gasteiger partial charge in [-0.25, -0.2) is 0 Å². The summed E-state index contributed by atoms with van der Waals surface area (Å²) < 4.78 is 0. The van der Waals surface area contributed by atoms with Crippen molar-refractivity contribution in [2.75, 3.05) is 11.6 Å². The number of carbonyl (C=O) groups is 1. The summed E-state index contributed by atoms with van der Waals surface area (Å²) in [5.41, 5.74) is 7.72. The minimum Gasteiger partial charge on any atom is -0.398 e. The Hall–Kier alpha value is -1.02. The van der Waals surface area contributed by atoms with E-state index in [2.05, 4.69) is 0 Å². The maximum atomic E-state index is 10.5. The molecule has 0 radical (unpaired) electrons. The van der Waals surface area contributed by atoms with Gasteiger partial charge in [0.2, 0.25) is 0 Å². The van der Waals surface area contributed by atoms with Crippen molar-refractivity contribution < 1.29 is 4.79 Å². The highest BCUT2D eigenvalue weighted by atomic mass is 35.5. The number of rotatable bonds is 3. The van der Waals surface area contributed by atoms with Crippen molar-refractivity contribution in [2.45, 2.75) is 6.42 Å². The van der Waals surface area contributed by atoms with E-state index in [1.165, 1.54) is 0 Å². The SMILES string of the molecule is Nc1c(C=O)cccc1CCCl. The Morgan fingerprint density at radius 3 is 2.83 bits per heavy atom. The first-order chi connectivity index (χ1) is 5.79. The van der Waals surface area contributed by atoms with Crippen LogP contribution in [0.2, 0.25) is 0 Å². The Morgan fingerprint density at radius 1 is 1.50 bits per heavy atom. The van der Waals surface area contributed by atoms with Gasteiger partial charge < -0.3 is 5.73 Å². The average Bonchev–Trinajstić information content (AvgIpc) is 2.09. The molecule has 0 bridgehead atoms. The van der Waals surface area contributed by atoms with Crippen molar-refractivity contribution in [3.05, 3.63) is 29.3 Å². The number of nitrogens with two attached hydrogens (primary N) is 1. The summed E-state index contributed by atoms with van der Waals surface area (Å²) >= 11 is 5.56. The highest BCUT2D eigenvalue weighted by molar-refractivity contribution is 6.18. The molecule has 0 aliphatic rings. The van der Waals surface area contributed by atoms with Gasteiger partial charge in [0.05, 0.1) is 0 Å². The molecule has 0 atom stereocenters. The number of para-hydroxylation sites is 1. The van der Waals surface area contributed by atoms with Gasteiger partial charge in [-0.05, 0) is 18.1 Å². The lowest BCUT2D eigenvalue weighted by Gasteiger charge is -2.04. The zero-order valence-electron chi connectivity index (χ0n) is 6.59. The van der Waals surface area contributed by atoms with E-state index in [1.54, 1.807) is 6.07 Å². The number of benzene rings is 1. The first kappa shape index (κ1) is 9.07. The van der Waals surface area contributed by atoms with E-state index in [0.29, 0.717) is 23.6 Å². The molecule has 0 unspecified atom stereocenters. The maximum absolute atomic E-state index is 10.5. The van der Waals surface area contributed by atoms with Crippen LogP contribution in [0.15, 0.2) is 18.2 Å². The summed E-state index contributed by atoms with van der Waals surface area (Å²) in [4.78, 5) is 10.5. The quantitative estimate of drug-likeness (QED) is 0.442. The number of aldehydes is 1. The molecular weight excluding hydrogens is 174 g/mol. The summed E-state index contributed by atoms with van der Waals surface area (Å²) in [6.07, 6.45) is 1.46. The fourth-order valence-corrected chi connectivity index (χ4v) is 1.26. The molecule has 1 aromatic carbocycles. The highest BCUT2D eigenvalue weighted by Crippen LogP contribution is 2.16. The molecule has 0 heterocycles. The van der Waals surface area contributed by atoms with Crippen LogP contribution in [0.4, 0.5) is 5.69 Å². The molecule has 0 aliphatic carbocycles. The molecule has 3 heteroatoms. The molecule has 0 spiro atoms. The van der Waals surface area contributed by atoms with Crippen molar-refractivity contribution in [1.29, 1.82) is 0 Å². The number of carbonyl (C=O) groups excluding carboxylic acids is 1. The Labute approximate surface area is 76.3 Å². The molecule has 1 aromatic rings. The molecule has 12 heavy (non-hydrogen) atoms. The third-order valence-corrected chi connectivity index (χ3v) is 1.91. The third kappa shape index (κ3) is 1.77. The first-order valence-corrected chi connectivity index (χ1v) is 4.21. The van der Waals surface area contributed by atoms with Crippen LogP contribution >= 0.6 is 11.6 Å². The van der Waals surface area contributed by atoms with E-state index >= 15 is 0 Å². The van der Waals surface area contributed by atoms with E-state index in [0.717, 1.165) is 11.8 Å². The first-order valence-electron chi connectivity index (χ1n) is 3.68. The fraction of sp³-hybridized carbons (Fsp3) is 0.222. The van der Waals surface area contributed by atoms with Gasteiger partial charge in [-0.3, -0.25) is 4.79 Å². The largest absolute Gasteiger partial charge is 0.398 e. The van der Waals surface area contributed by atoms with Crippen LogP contribution in [0, 0.1) is 0 Å². The van der Waals surface area contributed by atoms with Crippen molar-refractivity contribution in [2.24, 2.45) is 0 Å². The second-order valence-corrected chi connectivity index (χ2v) is 2.85. The Bertz CT molecular complexity index is 286. The molecule has 0 aromatic heterocycles. The van der Waals surface area contributed by atoms with Crippen LogP contribution in [0.5, 0.6) is 0 Å². The number of hydrogen-bond acceptors (Lipinski definition) is 2. The van der Waals surface area contributed by atoms with Gasteiger partial charge in [-0.1, -0.05) is 12.1 Å². The van der Waals surface area contributed by atoms with E-state index in [4.69, 9.17) is 17.3 Å². The maximum Gasteiger partial charge on any atom is 0.152 e. The normalized spacial score (nSPS) is 9.75. The van der Waals surface area contributed by atoms with Crippen LogP contribution in [0.3, 0.4) is 0 Å². The zero-order valence-corrected chi connectivity index (χ0v) is 7.34. The molecule has 2 N–H and O–H groups in total. The topological polar surface area (TPSA) is 43.1 Å². The number of halogens is 1. The van der Waals surface area contributed by atoms with E-state index in [9.17, 15) is 4.79 Å². The lowest BCUT2D eigenvalue weighted by Crippen LogP contribution is -1.99. The molecule has 64 valence electrons. The lowest BCUT2D eigenvalue weighted by atomic mass is 10.1. The van der Waals surface area contributed by atoms with Crippen molar-refractivity contribution >= 4 is 23.6 Å². The average molecular weight is 184 g/mol. The van der Waals surface area contributed by atoms with Gasteiger partial charge in [0.25, 0.3) is 0 Å². The number of hydrogen-bond donors (Lipinski definition) is 1. The second kappa shape index (κ2) is 4.12. The van der Waals surface area contributed by atoms with Crippen molar-refractivity contribution in [1.82, 2.24) is 0 Å². The van der Waals surface area contributed by atoms with Crippen molar-refractivity contribution in [3.63, 3.8) is 0 Å².